The van der Waals surface area contributed by atoms with Crippen molar-refractivity contribution in [1.82, 2.24) is 19.7 Å². The number of alkyl halides is 3. The fourth-order valence-corrected chi connectivity index (χ4v) is 3.34. The van der Waals surface area contributed by atoms with Gasteiger partial charge < -0.3 is 9.64 Å². The number of pyridine rings is 1. The minimum atomic E-state index is -4.47. The van der Waals surface area contributed by atoms with Crippen LogP contribution in [0.15, 0.2) is 47.2 Å². The van der Waals surface area contributed by atoms with Crippen molar-refractivity contribution in [3.05, 3.63) is 69.6 Å². The molecule has 3 aromatic rings. The Hall–Kier alpha value is -2.88. The predicted octanol–water partition coefficient (Wildman–Crippen LogP) is 4.64. The minimum Gasteiger partial charge on any atom is -0.496 e. The van der Waals surface area contributed by atoms with Crippen LogP contribution in [0.25, 0.3) is 5.82 Å². The number of hydrogen-bond acceptors (Lipinski definition) is 4. The van der Waals surface area contributed by atoms with Crippen LogP contribution in [0.4, 0.5) is 13.2 Å². The number of hydrogen-bond donors (Lipinski definition) is 0. The van der Waals surface area contributed by atoms with E-state index in [0.29, 0.717) is 23.6 Å². The van der Waals surface area contributed by atoms with Gasteiger partial charge in [-0.15, -0.1) is 0 Å². The first-order valence-corrected chi connectivity index (χ1v) is 9.57. The molecule has 0 spiro atoms. The Morgan fingerprint density at radius 2 is 1.97 bits per heavy atom. The van der Waals surface area contributed by atoms with Crippen LogP contribution < -0.4 is 4.74 Å². The maximum Gasteiger partial charge on any atom is 0.417 e. The van der Waals surface area contributed by atoms with Crippen molar-refractivity contribution in [2.75, 3.05) is 14.2 Å². The van der Waals surface area contributed by atoms with Crippen LogP contribution in [-0.2, 0) is 12.7 Å². The number of aromatic nitrogens is 3. The molecule has 2 aromatic heterocycles. The molecule has 0 fully saturated rings. The SMILES string of the molecule is COc1ccc(Br)cc1CN(C)C(=O)c1cnn(-c2ccc(C(F)(F)F)cn2)c1C. The number of benzene rings is 1. The van der Waals surface area contributed by atoms with Gasteiger partial charge in [0.05, 0.1) is 30.1 Å². The normalized spacial score (nSPS) is 11.4. The van der Waals surface area contributed by atoms with Gasteiger partial charge in [0.15, 0.2) is 5.82 Å². The zero-order valence-corrected chi connectivity index (χ0v) is 18.0. The molecule has 0 aliphatic heterocycles. The lowest BCUT2D eigenvalue weighted by molar-refractivity contribution is -0.137. The Balaban J connectivity index is 1.83. The van der Waals surface area contributed by atoms with E-state index < -0.39 is 11.7 Å². The Morgan fingerprint density at radius 3 is 2.57 bits per heavy atom. The number of halogens is 4. The molecule has 0 aliphatic rings. The molecule has 0 N–H and O–H groups in total. The largest absolute Gasteiger partial charge is 0.496 e. The van der Waals surface area contributed by atoms with Gasteiger partial charge in [0.25, 0.3) is 5.91 Å². The van der Waals surface area contributed by atoms with Crippen LogP contribution in [0.5, 0.6) is 5.75 Å². The fourth-order valence-electron chi connectivity index (χ4n) is 2.93. The lowest BCUT2D eigenvalue weighted by atomic mass is 10.1. The van der Waals surface area contributed by atoms with Crippen molar-refractivity contribution in [2.45, 2.75) is 19.6 Å². The van der Waals surface area contributed by atoms with E-state index in [0.717, 1.165) is 22.3 Å². The zero-order valence-electron chi connectivity index (χ0n) is 16.4. The standard InChI is InChI=1S/C20H18BrF3N4O2/c1-12-16(10-26-28(12)18-7-4-14(9-25-18)20(22,23)24)19(29)27(2)11-13-8-15(21)5-6-17(13)30-3/h4-10H,11H2,1-3H3. The molecule has 10 heteroatoms. The second-order valence-corrected chi connectivity index (χ2v) is 7.49. The van der Waals surface area contributed by atoms with Crippen molar-refractivity contribution >= 4 is 21.8 Å². The highest BCUT2D eigenvalue weighted by atomic mass is 79.9. The summed E-state index contributed by atoms with van der Waals surface area (Å²) in [5.74, 6) is 0.558. The van der Waals surface area contributed by atoms with E-state index in [1.165, 1.54) is 21.8 Å². The monoisotopic (exact) mass is 482 g/mol. The number of carbonyl (C=O) groups is 1. The van der Waals surface area contributed by atoms with Crippen molar-refractivity contribution in [2.24, 2.45) is 0 Å². The first-order valence-electron chi connectivity index (χ1n) is 8.78. The van der Waals surface area contributed by atoms with Gasteiger partial charge in [0.1, 0.15) is 5.75 Å². The van der Waals surface area contributed by atoms with Crippen LogP contribution in [0, 0.1) is 6.92 Å². The average molecular weight is 483 g/mol. The van der Waals surface area contributed by atoms with Gasteiger partial charge in [0.2, 0.25) is 0 Å². The molecule has 158 valence electrons. The topological polar surface area (TPSA) is 60.2 Å². The summed E-state index contributed by atoms with van der Waals surface area (Å²) in [6.07, 6.45) is -2.35. The van der Waals surface area contributed by atoms with Crippen LogP contribution in [0.1, 0.15) is 27.2 Å². The molecule has 0 aliphatic carbocycles. The van der Waals surface area contributed by atoms with Crippen LogP contribution >= 0.6 is 15.9 Å². The molecule has 2 heterocycles. The van der Waals surface area contributed by atoms with Gasteiger partial charge in [-0.05, 0) is 37.3 Å². The van der Waals surface area contributed by atoms with Crippen molar-refractivity contribution in [3.8, 4) is 11.6 Å². The molecule has 0 unspecified atom stereocenters. The van der Waals surface area contributed by atoms with E-state index >= 15 is 0 Å². The summed E-state index contributed by atoms with van der Waals surface area (Å²) in [5, 5.41) is 4.13. The highest BCUT2D eigenvalue weighted by Crippen LogP contribution is 2.29. The number of carbonyl (C=O) groups excluding carboxylic acids is 1. The summed E-state index contributed by atoms with van der Waals surface area (Å²) in [6.45, 7) is 1.96. The maximum absolute atomic E-state index is 12.9. The summed E-state index contributed by atoms with van der Waals surface area (Å²) in [5.41, 5.74) is 0.765. The van der Waals surface area contributed by atoms with Gasteiger partial charge in [-0.2, -0.15) is 18.3 Å². The third-order valence-corrected chi connectivity index (χ3v) is 5.02. The highest BCUT2D eigenvalue weighted by Gasteiger charge is 2.31. The number of rotatable bonds is 5. The molecule has 30 heavy (non-hydrogen) atoms. The Bertz CT molecular complexity index is 1060. The van der Waals surface area contributed by atoms with E-state index in [-0.39, 0.29) is 11.7 Å². The molecular weight excluding hydrogens is 465 g/mol. The second-order valence-electron chi connectivity index (χ2n) is 6.58. The summed E-state index contributed by atoms with van der Waals surface area (Å²) in [6, 6.07) is 7.65. The Morgan fingerprint density at radius 1 is 1.23 bits per heavy atom. The Kier molecular flexibility index (Phi) is 6.16. The van der Waals surface area contributed by atoms with E-state index in [9.17, 15) is 18.0 Å². The molecule has 0 saturated carbocycles. The number of nitrogens with zero attached hydrogens (tertiary/aromatic N) is 4. The van der Waals surface area contributed by atoms with E-state index in [2.05, 4.69) is 26.0 Å². The summed E-state index contributed by atoms with van der Waals surface area (Å²) < 4.78 is 45.7. The number of amides is 1. The summed E-state index contributed by atoms with van der Waals surface area (Å²) in [4.78, 5) is 18.3. The fraction of sp³-hybridized carbons (Fsp3) is 0.250. The van der Waals surface area contributed by atoms with E-state index in [4.69, 9.17) is 4.74 Å². The van der Waals surface area contributed by atoms with Crippen molar-refractivity contribution in [1.29, 1.82) is 0 Å². The van der Waals surface area contributed by atoms with Gasteiger partial charge >= 0.3 is 6.18 Å². The number of ether oxygens (including phenoxy) is 1. The van der Waals surface area contributed by atoms with Crippen LogP contribution in [0.2, 0.25) is 0 Å². The molecule has 0 radical (unpaired) electrons. The van der Waals surface area contributed by atoms with E-state index in [1.807, 2.05) is 12.1 Å². The predicted molar refractivity (Wildman–Crippen MR) is 108 cm³/mol. The van der Waals surface area contributed by atoms with Gasteiger partial charge in [0, 0.05) is 29.8 Å². The third kappa shape index (κ3) is 4.48. The highest BCUT2D eigenvalue weighted by molar-refractivity contribution is 9.10. The molecule has 1 aromatic carbocycles. The first kappa shape index (κ1) is 21.8. The molecule has 3 rings (SSSR count). The minimum absolute atomic E-state index is 0.191. The summed E-state index contributed by atoms with van der Waals surface area (Å²) >= 11 is 3.41. The maximum atomic E-state index is 12.9. The van der Waals surface area contributed by atoms with Gasteiger partial charge in [-0.3, -0.25) is 4.79 Å². The quantitative estimate of drug-likeness (QED) is 0.531. The lowest BCUT2D eigenvalue weighted by Gasteiger charge is -2.19. The van der Waals surface area contributed by atoms with Gasteiger partial charge in [-0.1, -0.05) is 15.9 Å². The number of methoxy groups -OCH3 is 1. The smallest absolute Gasteiger partial charge is 0.417 e. The van der Waals surface area contributed by atoms with Crippen molar-refractivity contribution in [3.63, 3.8) is 0 Å². The molecule has 0 bridgehead atoms. The zero-order chi connectivity index (χ0) is 22.1. The molecular formula is C20H18BrF3N4O2. The molecule has 1 amide bonds. The molecule has 6 nitrogen and oxygen atoms in total. The lowest BCUT2D eigenvalue weighted by Crippen LogP contribution is -2.27. The second kappa shape index (κ2) is 8.47. The first-order chi connectivity index (χ1) is 14.1. The van der Waals surface area contributed by atoms with Crippen LogP contribution in [-0.4, -0.2) is 39.7 Å². The van der Waals surface area contributed by atoms with Crippen molar-refractivity contribution < 1.29 is 22.7 Å². The average Bonchev–Trinajstić information content (AvgIpc) is 3.08. The molecule has 0 atom stereocenters. The third-order valence-electron chi connectivity index (χ3n) is 4.53. The van der Waals surface area contributed by atoms with Crippen LogP contribution in [0.3, 0.4) is 0 Å². The summed E-state index contributed by atoms with van der Waals surface area (Å²) in [7, 11) is 3.20. The Labute approximate surface area is 179 Å². The van der Waals surface area contributed by atoms with Gasteiger partial charge in [-0.25, -0.2) is 9.67 Å². The van der Waals surface area contributed by atoms with E-state index in [1.54, 1.807) is 27.1 Å². The molecule has 0 saturated heterocycles.